The van der Waals surface area contributed by atoms with Gasteiger partial charge in [-0.05, 0) is 23.8 Å². The summed E-state index contributed by atoms with van der Waals surface area (Å²) < 4.78 is 23.1. The number of nitrogens with one attached hydrogen (secondary N) is 1. The third-order valence-electron chi connectivity index (χ3n) is 3.50. The van der Waals surface area contributed by atoms with Crippen LogP contribution in [-0.4, -0.2) is 31.1 Å². The van der Waals surface area contributed by atoms with E-state index in [0.717, 1.165) is 27.7 Å². The highest BCUT2D eigenvalue weighted by molar-refractivity contribution is 7.90. The fraction of sp³-hybridized carbons (Fsp3) is 0.0625. The molecule has 0 unspecified atom stereocenters. The number of rotatable bonds is 3. The zero-order chi connectivity index (χ0) is 15.7. The number of oxime groups is 1. The van der Waals surface area contributed by atoms with Crippen molar-refractivity contribution in [3.63, 3.8) is 0 Å². The zero-order valence-electron chi connectivity index (χ0n) is 11.8. The second-order valence-corrected chi connectivity index (χ2v) is 7.02. The van der Waals surface area contributed by atoms with Crippen LogP contribution in [0, 0.1) is 0 Å². The van der Waals surface area contributed by atoms with Crippen LogP contribution in [0.25, 0.3) is 22.2 Å². The third-order valence-corrected chi connectivity index (χ3v) is 4.63. The summed E-state index contributed by atoms with van der Waals surface area (Å²) in [6.45, 7) is 0. The van der Waals surface area contributed by atoms with Gasteiger partial charge < -0.3 is 10.2 Å². The summed E-state index contributed by atoms with van der Waals surface area (Å²) in [5.74, 6) is 0. The van der Waals surface area contributed by atoms with E-state index in [9.17, 15) is 8.42 Å². The fourth-order valence-electron chi connectivity index (χ4n) is 2.45. The number of nitrogens with zero attached hydrogens (tertiary/aromatic N) is 1. The summed E-state index contributed by atoms with van der Waals surface area (Å²) in [7, 11) is -3.22. The molecule has 0 saturated heterocycles. The van der Waals surface area contributed by atoms with Crippen molar-refractivity contribution >= 4 is 27.0 Å². The van der Waals surface area contributed by atoms with E-state index >= 15 is 0 Å². The van der Waals surface area contributed by atoms with Gasteiger partial charge in [0, 0.05) is 22.7 Å². The van der Waals surface area contributed by atoms with Crippen molar-refractivity contribution in [2.45, 2.75) is 4.90 Å². The monoisotopic (exact) mass is 314 g/mol. The predicted octanol–water partition coefficient (Wildman–Crippen LogP) is 3.05. The van der Waals surface area contributed by atoms with E-state index in [2.05, 4.69) is 10.1 Å². The Morgan fingerprint density at radius 1 is 1.09 bits per heavy atom. The van der Waals surface area contributed by atoms with E-state index in [1.165, 1.54) is 12.5 Å². The van der Waals surface area contributed by atoms with Gasteiger partial charge in [0.15, 0.2) is 9.84 Å². The Hall–Kier alpha value is -2.60. The predicted molar refractivity (Wildman–Crippen MR) is 86.2 cm³/mol. The number of hydrogen-bond acceptors (Lipinski definition) is 4. The van der Waals surface area contributed by atoms with E-state index in [0.29, 0.717) is 0 Å². The molecule has 0 fully saturated rings. The number of aromatic nitrogens is 1. The minimum atomic E-state index is -3.22. The maximum absolute atomic E-state index is 11.5. The number of hydrogen-bond donors (Lipinski definition) is 2. The molecule has 0 aliphatic carbocycles. The fourth-order valence-corrected chi connectivity index (χ4v) is 3.08. The minimum absolute atomic E-state index is 0.268. The maximum Gasteiger partial charge on any atom is 0.175 e. The first-order chi connectivity index (χ1) is 10.5. The van der Waals surface area contributed by atoms with Crippen molar-refractivity contribution in [2.24, 2.45) is 5.16 Å². The van der Waals surface area contributed by atoms with Crippen LogP contribution in [0.3, 0.4) is 0 Å². The van der Waals surface area contributed by atoms with Crippen LogP contribution in [-0.2, 0) is 9.84 Å². The lowest BCUT2D eigenvalue weighted by Gasteiger charge is -2.03. The van der Waals surface area contributed by atoms with Gasteiger partial charge in [-0.25, -0.2) is 8.42 Å². The molecule has 2 N–H and O–H groups in total. The van der Waals surface area contributed by atoms with Crippen LogP contribution in [0.15, 0.2) is 58.6 Å². The summed E-state index contributed by atoms with van der Waals surface area (Å²) in [4.78, 5) is 3.54. The van der Waals surface area contributed by atoms with Crippen molar-refractivity contribution in [3.05, 3.63) is 54.1 Å². The Kier molecular flexibility index (Phi) is 3.46. The van der Waals surface area contributed by atoms with Gasteiger partial charge in [0.2, 0.25) is 0 Å². The Bertz CT molecular complexity index is 955. The van der Waals surface area contributed by atoms with Crippen LogP contribution in [0.1, 0.15) is 5.56 Å². The Morgan fingerprint density at radius 3 is 2.41 bits per heavy atom. The summed E-state index contributed by atoms with van der Waals surface area (Å²) in [6.07, 6.45) is 2.55. The van der Waals surface area contributed by atoms with Gasteiger partial charge in [-0.2, -0.15) is 0 Å². The first kappa shape index (κ1) is 14.3. The average Bonchev–Trinajstić information content (AvgIpc) is 2.86. The molecule has 3 rings (SSSR count). The van der Waals surface area contributed by atoms with Gasteiger partial charge in [-0.1, -0.05) is 35.5 Å². The molecule has 0 atom stereocenters. The van der Waals surface area contributed by atoms with Crippen molar-refractivity contribution in [3.8, 4) is 11.3 Å². The molecule has 0 spiro atoms. The average molecular weight is 314 g/mol. The van der Waals surface area contributed by atoms with Gasteiger partial charge in [0.05, 0.1) is 16.8 Å². The van der Waals surface area contributed by atoms with Crippen LogP contribution < -0.4 is 0 Å². The third kappa shape index (κ3) is 2.48. The number of fused-ring (bicyclic) bond motifs is 1. The number of benzene rings is 2. The molecule has 0 amide bonds. The van der Waals surface area contributed by atoms with E-state index in [-0.39, 0.29) is 4.90 Å². The highest BCUT2D eigenvalue weighted by Crippen LogP contribution is 2.29. The lowest BCUT2D eigenvalue weighted by molar-refractivity contribution is 0.322. The second kappa shape index (κ2) is 5.31. The largest absolute Gasteiger partial charge is 0.411 e. The molecule has 1 aromatic heterocycles. The van der Waals surface area contributed by atoms with Gasteiger partial charge in [0.25, 0.3) is 0 Å². The van der Waals surface area contributed by atoms with Crippen LogP contribution in [0.4, 0.5) is 0 Å². The summed E-state index contributed by atoms with van der Waals surface area (Å²) in [6, 6.07) is 14.3. The molecule has 112 valence electrons. The standard InChI is InChI=1S/C16H14N2O3S/c1-22(20,21)12-8-6-11(7-9-12)16-14(10-17-19)13-4-2-3-5-15(13)18-16/h2-10,18-19H,1H3/b17-10+. The minimum Gasteiger partial charge on any atom is -0.411 e. The van der Waals surface area contributed by atoms with Crippen LogP contribution in [0.2, 0.25) is 0 Å². The number of aromatic amines is 1. The smallest absolute Gasteiger partial charge is 0.175 e. The van der Waals surface area contributed by atoms with Gasteiger partial charge in [-0.3, -0.25) is 0 Å². The molecule has 3 aromatic rings. The maximum atomic E-state index is 11.5. The SMILES string of the molecule is CS(=O)(=O)c1ccc(-c2[nH]c3ccccc3c2/C=N/O)cc1. The number of sulfone groups is 1. The van der Waals surface area contributed by atoms with E-state index in [1.54, 1.807) is 24.3 Å². The molecule has 6 heteroatoms. The molecule has 0 aliphatic heterocycles. The molecule has 1 heterocycles. The van der Waals surface area contributed by atoms with E-state index < -0.39 is 9.84 Å². The van der Waals surface area contributed by atoms with E-state index in [1.807, 2.05) is 24.3 Å². The summed E-state index contributed by atoms with van der Waals surface area (Å²) in [5, 5.41) is 13.0. The van der Waals surface area contributed by atoms with Crippen LogP contribution >= 0.6 is 0 Å². The van der Waals surface area contributed by atoms with Crippen molar-refractivity contribution in [2.75, 3.05) is 6.26 Å². The normalized spacial score (nSPS) is 12.2. The van der Waals surface area contributed by atoms with Crippen molar-refractivity contribution < 1.29 is 13.6 Å². The van der Waals surface area contributed by atoms with Gasteiger partial charge >= 0.3 is 0 Å². The summed E-state index contributed by atoms with van der Waals surface area (Å²) >= 11 is 0. The second-order valence-electron chi connectivity index (χ2n) is 5.00. The molecule has 0 saturated carbocycles. The Balaban J connectivity index is 2.19. The lowest BCUT2D eigenvalue weighted by Crippen LogP contribution is -1.96. The molecule has 0 bridgehead atoms. The Morgan fingerprint density at radius 2 is 1.77 bits per heavy atom. The number of para-hydroxylation sites is 1. The molecule has 0 aliphatic rings. The highest BCUT2D eigenvalue weighted by Gasteiger charge is 2.13. The van der Waals surface area contributed by atoms with Gasteiger partial charge in [-0.15, -0.1) is 0 Å². The van der Waals surface area contributed by atoms with Crippen molar-refractivity contribution in [1.82, 2.24) is 4.98 Å². The molecular formula is C16H14N2O3S. The molecule has 0 radical (unpaired) electrons. The summed E-state index contributed by atoms with van der Waals surface area (Å²) in [5.41, 5.74) is 3.27. The molecular weight excluding hydrogens is 300 g/mol. The first-order valence-electron chi connectivity index (χ1n) is 6.59. The zero-order valence-corrected chi connectivity index (χ0v) is 12.6. The van der Waals surface area contributed by atoms with Crippen LogP contribution in [0.5, 0.6) is 0 Å². The topological polar surface area (TPSA) is 82.5 Å². The molecule has 5 nitrogen and oxygen atoms in total. The quantitative estimate of drug-likeness (QED) is 0.443. The first-order valence-corrected chi connectivity index (χ1v) is 8.48. The molecule has 22 heavy (non-hydrogen) atoms. The molecule has 2 aromatic carbocycles. The van der Waals surface area contributed by atoms with Crippen molar-refractivity contribution in [1.29, 1.82) is 0 Å². The Labute approximate surface area is 127 Å². The highest BCUT2D eigenvalue weighted by atomic mass is 32.2. The number of H-pyrrole nitrogens is 1. The lowest BCUT2D eigenvalue weighted by atomic mass is 10.1. The van der Waals surface area contributed by atoms with Gasteiger partial charge in [0.1, 0.15) is 0 Å². The van der Waals surface area contributed by atoms with E-state index in [4.69, 9.17) is 5.21 Å².